The third-order valence-corrected chi connectivity index (χ3v) is 2.38. The fraction of sp³-hybridized carbons (Fsp3) is 0.0667. The van der Waals surface area contributed by atoms with E-state index < -0.39 is 0 Å². The number of para-hydroxylation sites is 1. The van der Waals surface area contributed by atoms with Crippen LogP contribution in [0.25, 0.3) is 6.08 Å². The molecule has 0 aliphatic carbocycles. The van der Waals surface area contributed by atoms with Gasteiger partial charge in [0, 0.05) is 12.2 Å². The van der Waals surface area contributed by atoms with E-state index in [1.807, 2.05) is 54.6 Å². The van der Waals surface area contributed by atoms with Crippen LogP contribution in [-0.4, -0.2) is 11.7 Å². The molecular weight excluding hydrogens is 210 g/mol. The van der Waals surface area contributed by atoms with Crippen LogP contribution in [0, 0.1) is 0 Å². The minimum Gasteiger partial charge on any atom is -0.508 e. The summed E-state index contributed by atoms with van der Waals surface area (Å²) in [6.45, 7) is 0.764. The van der Waals surface area contributed by atoms with Gasteiger partial charge in [-0.05, 0) is 29.8 Å². The predicted molar refractivity (Wildman–Crippen MR) is 72.1 cm³/mol. The van der Waals surface area contributed by atoms with Gasteiger partial charge in [0.2, 0.25) is 0 Å². The molecule has 2 N–H and O–H groups in total. The molecule has 0 heterocycles. The summed E-state index contributed by atoms with van der Waals surface area (Å²) in [4.78, 5) is 0. The molecule has 0 saturated heterocycles. The molecule has 0 bridgehead atoms. The minimum atomic E-state index is 0.295. The molecule has 0 spiro atoms. The van der Waals surface area contributed by atoms with Crippen molar-refractivity contribution in [2.75, 3.05) is 11.9 Å². The number of phenolic OH excluding ortho intramolecular Hbond substituents is 1. The SMILES string of the molecule is Oc1cccc(C=CCNc2ccccc2)c1. The Kier molecular flexibility index (Phi) is 3.81. The van der Waals surface area contributed by atoms with Crippen LogP contribution in [0.3, 0.4) is 0 Å². The average Bonchev–Trinajstić information content (AvgIpc) is 2.36. The first-order valence-electron chi connectivity index (χ1n) is 5.59. The number of hydrogen-bond acceptors (Lipinski definition) is 2. The van der Waals surface area contributed by atoms with Gasteiger partial charge in [0.25, 0.3) is 0 Å². The molecule has 86 valence electrons. The van der Waals surface area contributed by atoms with Crippen molar-refractivity contribution in [3.05, 3.63) is 66.2 Å². The van der Waals surface area contributed by atoms with E-state index in [-0.39, 0.29) is 0 Å². The minimum absolute atomic E-state index is 0.295. The zero-order chi connectivity index (χ0) is 11.9. The molecule has 2 heteroatoms. The first-order valence-corrected chi connectivity index (χ1v) is 5.59. The Labute approximate surface area is 101 Å². The molecule has 0 aliphatic rings. The molecule has 0 aliphatic heterocycles. The largest absolute Gasteiger partial charge is 0.508 e. The number of nitrogens with one attached hydrogen (secondary N) is 1. The Bertz CT molecular complexity index is 491. The summed E-state index contributed by atoms with van der Waals surface area (Å²) < 4.78 is 0. The van der Waals surface area contributed by atoms with E-state index in [9.17, 15) is 5.11 Å². The molecule has 0 unspecified atom stereocenters. The van der Waals surface area contributed by atoms with Crippen LogP contribution in [0.5, 0.6) is 5.75 Å². The van der Waals surface area contributed by atoms with Gasteiger partial charge in [0.15, 0.2) is 0 Å². The number of hydrogen-bond donors (Lipinski definition) is 2. The zero-order valence-corrected chi connectivity index (χ0v) is 9.51. The lowest BCUT2D eigenvalue weighted by Gasteiger charge is -2.01. The van der Waals surface area contributed by atoms with Crippen LogP contribution < -0.4 is 5.32 Å². The van der Waals surface area contributed by atoms with Crippen molar-refractivity contribution in [3.8, 4) is 5.75 Å². The molecule has 0 saturated carbocycles. The van der Waals surface area contributed by atoms with Crippen molar-refractivity contribution in [2.24, 2.45) is 0 Å². The molecule has 2 nitrogen and oxygen atoms in total. The van der Waals surface area contributed by atoms with E-state index in [1.165, 1.54) is 0 Å². The monoisotopic (exact) mass is 225 g/mol. The average molecular weight is 225 g/mol. The highest BCUT2D eigenvalue weighted by Gasteiger charge is 1.89. The van der Waals surface area contributed by atoms with Gasteiger partial charge in [0.05, 0.1) is 0 Å². The fourth-order valence-electron chi connectivity index (χ4n) is 1.56. The Hall–Kier alpha value is -2.22. The van der Waals surface area contributed by atoms with Gasteiger partial charge in [-0.3, -0.25) is 0 Å². The van der Waals surface area contributed by atoms with Gasteiger partial charge in [-0.1, -0.05) is 42.5 Å². The molecule has 0 radical (unpaired) electrons. The zero-order valence-electron chi connectivity index (χ0n) is 9.51. The van der Waals surface area contributed by atoms with Gasteiger partial charge in [-0.2, -0.15) is 0 Å². The van der Waals surface area contributed by atoms with Crippen LogP contribution in [-0.2, 0) is 0 Å². The first-order chi connectivity index (χ1) is 8.34. The lowest BCUT2D eigenvalue weighted by atomic mass is 10.2. The van der Waals surface area contributed by atoms with Gasteiger partial charge in [0.1, 0.15) is 5.75 Å². The first kappa shape index (κ1) is 11.3. The molecule has 2 aromatic rings. The molecule has 0 amide bonds. The summed E-state index contributed by atoms with van der Waals surface area (Å²) >= 11 is 0. The van der Waals surface area contributed by atoms with Crippen molar-refractivity contribution in [3.63, 3.8) is 0 Å². The van der Waals surface area contributed by atoms with Crippen molar-refractivity contribution in [1.82, 2.24) is 0 Å². The van der Waals surface area contributed by atoms with E-state index in [0.717, 1.165) is 17.8 Å². The summed E-state index contributed by atoms with van der Waals surface area (Å²) in [6.07, 6.45) is 4.01. The molecule has 0 fully saturated rings. The normalized spacial score (nSPS) is 10.6. The van der Waals surface area contributed by atoms with Gasteiger partial charge >= 0.3 is 0 Å². The third-order valence-electron chi connectivity index (χ3n) is 2.38. The number of anilines is 1. The highest BCUT2D eigenvalue weighted by Crippen LogP contribution is 2.12. The molecule has 0 aromatic heterocycles. The lowest BCUT2D eigenvalue weighted by Crippen LogP contribution is -1.96. The summed E-state index contributed by atoms with van der Waals surface area (Å²) in [5.41, 5.74) is 2.10. The van der Waals surface area contributed by atoms with Crippen LogP contribution in [0.2, 0.25) is 0 Å². The van der Waals surface area contributed by atoms with Crippen LogP contribution in [0.4, 0.5) is 5.69 Å². The van der Waals surface area contributed by atoms with Crippen molar-refractivity contribution in [1.29, 1.82) is 0 Å². The lowest BCUT2D eigenvalue weighted by molar-refractivity contribution is 0.475. The second-order valence-electron chi connectivity index (χ2n) is 3.74. The second kappa shape index (κ2) is 5.75. The molecule has 2 rings (SSSR count). The van der Waals surface area contributed by atoms with Crippen molar-refractivity contribution in [2.45, 2.75) is 0 Å². The van der Waals surface area contributed by atoms with Gasteiger partial charge in [-0.25, -0.2) is 0 Å². The Morgan fingerprint density at radius 2 is 1.82 bits per heavy atom. The number of rotatable bonds is 4. The van der Waals surface area contributed by atoms with Crippen LogP contribution in [0.1, 0.15) is 5.56 Å². The van der Waals surface area contributed by atoms with Crippen molar-refractivity contribution < 1.29 is 5.11 Å². The molecule has 0 atom stereocenters. The Morgan fingerprint density at radius 1 is 1.00 bits per heavy atom. The maximum atomic E-state index is 9.30. The van der Waals surface area contributed by atoms with Crippen molar-refractivity contribution >= 4 is 11.8 Å². The maximum absolute atomic E-state index is 9.30. The molecule has 2 aromatic carbocycles. The fourth-order valence-corrected chi connectivity index (χ4v) is 1.56. The van der Waals surface area contributed by atoms with Crippen LogP contribution in [0.15, 0.2) is 60.7 Å². The van der Waals surface area contributed by atoms with E-state index in [1.54, 1.807) is 12.1 Å². The van der Waals surface area contributed by atoms with Gasteiger partial charge in [-0.15, -0.1) is 0 Å². The summed E-state index contributed by atoms with van der Waals surface area (Å²) in [6, 6.07) is 17.2. The van der Waals surface area contributed by atoms with Crippen LogP contribution >= 0.6 is 0 Å². The highest BCUT2D eigenvalue weighted by atomic mass is 16.3. The quantitative estimate of drug-likeness (QED) is 0.834. The molecule has 17 heavy (non-hydrogen) atoms. The summed E-state index contributed by atoms with van der Waals surface area (Å²) in [5, 5.41) is 12.6. The Morgan fingerprint density at radius 3 is 2.59 bits per heavy atom. The van der Waals surface area contributed by atoms with E-state index in [0.29, 0.717) is 5.75 Å². The van der Waals surface area contributed by atoms with E-state index in [4.69, 9.17) is 0 Å². The Balaban J connectivity index is 1.86. The predicted octanol–water partition coefficient (Wildman–Crippen LogP) is 3.52. The second-order valence-corrected chi connectivity index (χ2v) is 3.74. The third kappa shape index (κ3) is 3.68. The smallest absolute Gasteiger partial charge is 0.116 e. The number of benzene rings is 2. The summed E-state index contributed by atoms with van der Waals surface area (Å²) in [5.74, 6) is 0.295. The molecular formula is C15H15NO. The number of aromatic hydroxyl groups is 1. The van der Waals surface area contributed by atoms with Gasteiger partial charge < -0.3 is 10.4 Å². The highest BCUT2D eigenvalue weighted by molar-refractivity contribution is 5.52. The van der Waals surface area contributed by atoms with E-state index in [2.05, 4.69) is 5.32 Å². The standard InChI is InChI=1S/C15H15NO/c17-15-10-4-6-13(12-15)7-5-11-16-14-8-2-1-3-9-14/h1-10,12,16-17H,11H2. The van der Waals surface area contributed by atoms with E-state index >= 15 is 0 Å². The number of phenols is 1. The maximum Gasteiger partial charge on any atom is 0.116 e. The summed E-state index contributed by atoms with van der Waals surface area (Å²) in [7, 11) is 0. The topological polar surface area (TPSA) is 32.3 Å².